The van der Waals surface area contributed by atoms with Gasteiger partial charge in [0.25, 0.3) is 5.69 Å². The summed E-state index contributed by atoms with van der Waals surface area (Å²) in [5.74, 6) is 0.290. The number of rotatable bonds is 5. The third kappa shape index (κ3) is 4.38. The Hall–Kier alpha value is -0.950. The lowest BCUT2D eigenvalue weighted by atomic mass is 10.1. The van der Waals surface area contributed by atoms with Crippen molar-refractivity contribution in [3.05, 3.63) is 33.9 Å². The summed E-state index contributed by atoms with van der Waals surface area (Å²) < 4.78 is 37.2. The monoisotopic (exact) mass is 299 g/mol. The second-order valence-electron chi connectivity index (χ2n) is 3.36. The van der Waals surface area contributed by atoms with Crippen LogP contribution < -0.4 is 0 Å². The molecule has 0 radical (unpaired) electrons. The largest absolute Gasteiger partial charge is 0.446 e. The van der Waals surface area contributed by atoms with Crippen molar-refractivity contribution in [2.24, 2.45) is 0 Å². The summed E-state index contributed by atoms with van der Waals surface area (Å²) in [5.41, 5.74) is -4.78. The molecule has 0 heterocycles. The lowest BCUT2D eigenvalue weighted by molar-refractivity contribution is -0.387. The van der Waals surface area contributed by atoms with Gasteiger partial charge in [0, 0.05) is 11.9 Å². The topological polar surface area (TPSA) is 43.1 Å². The highest BCUT2D eigenvalue weighted by Gasteiger charge is 2.34. The number of nitro benzene ring substituents is 1. The van der Waals surface area contributed by atoms with Crippen LogP contribution in [0.15, 0.2) is 23.1 Å². The number of benzene rings is 1. The maximum absolute atomic E-state index is 12.4. The highest BCUT2D eigenvalue weighted by Crippen LogP contribution is 2.43. The number of nitrogens with zero attached hydrogens (tertiary/aromatic N) is 1. The number of halogens is 4. The molecular weight excluding hydrogens is 291 g/mol. The Morgan fingerprint density at radius 3 is 2.56 bits per heavy atom. The van der Waals surface area contributed by atoms with Crippen LogP contribution in [0.2, 0.25) is 0 Å². The van der Waals surface area contributed by atoms with Crippen LogP contribution in [0.3, 0.4) is 0 Å². The molecule has 1 aromatic carbocycles. The summed E-state index contributed by atoms with van der Waals surface area (Å²) >= 11 is 5.02. The van der Waals surface area contributed by atoms with Crippen molar-refractivity contribution in [2.45, 2.75) is 23.2 Å². The van der Waals surface area contributed by atoms with Gasteiger partial charge in [-0.05, 0) is 30.2 Å². The Bertz CT molecular complexity index is 440. The average molecular weight is 300 g/mol. The molecule has 0 aliphatic heterocycles. The average Bonchev–Trinajstić information content (AvgIpc) is 2.25. The number of nitro groups is 1. The molecule has 0 spiro atoms. The van der Waals surface area contributed by atoms with E-state index in [1.54, 1.807) is 0 Å². The second-order valence-corrected chi connectivity index (χ2v) is 4.82. The number of aryl methyl sites for hydroxylation is 1. The van der Waals surface area contributed by atoms with Gasteiger partial charge < -0.3 is 0 Å². The van der Waals surface area contributed by atoms with Gasteiger partial charge in [-0.15, -0.1) is 11.6 Å². The number of hydrogen-bond donors (Lipinski definition) is 0. The van der Waals surface area contributed by atoms with Gasteiger partial charge in [-0.25, -0.2) is 0 Å². The van der Waals surface area contributed by atoms with Gasteiger partial charge in [0.05, 0.1) is 9.82 Å². The third-order valence-corrected chi connectivity index (χ3v) is 3.24. The fourth-order valence-corrected chi connectivity index (χ4v) is 2.32. The van der Waals surface area contributed by atoms with E-state index in [1.807, 2.05) is 0 Å². The quantitative estimate of drug-likeness (QED) is 0.351. The lowest BCUT2D eigenvalue weighted by Gasteiger charge is -2.10. The van der Waals surface area contributed by atoms with Gasteiger partial charge in [0.1, 0.15) is 0 Å². The SMILES string of the molecule is O=[N+]([O-])c1cccc(CCCCl)c1SC(F)(F)F. The molecule has 0 fully saturated rings. The first-order valence-electron chi connectivity index (χ1n) is 4.93. The Morgan fingerprint density at radius 1 is 1.39 bits per heavy atom. The van der Waals surface area contributed by atoms with Crippen LogP contribution in [0.25, 0.3) is 0 Å². The van der Waals surface area contributed by atoms with Gasteiger partial charge in [-0.1, -0.05) is 12.1 Å². The molecule has 0 unspecified atom stereocenters. The first-order chi connectivity index (χ1) is 8.35. The van der Waals surface area contributed by atoms with E-state index in [1.165, 1.54) is 12.1 Å². The molecule has 1 aromatic rings. The molecule has 3 nitrogen and oxygen atoms in total. The number of alkyl halides is 4. The van der Waals surface area contributed by atoms with Gasteiger partial charge in [-0.2, -0.15) is 13.2 Å². The van der Waals surface area contributed by atoms with Crippen LogP contribution in [0.4, 0.5) is 18.9 Å². The normalized spacial score (nSPS) is 11.6. The predicted molar refractivity (Wildman–Crippen MR) is 64.0 cm³/mol. The standard InChI is InChI=1S/C10H9ClF3NO2S/c11-6-2-4-7-3-1-5-8(15(16)17)9(7)18-10(12,13)14/h1,3,5H,2,4,6H2. The number of hydrogen-bond acceptors (Lipinski definition) is 3. The van der Waals surface area contributed by atoms with Crippen molar-refractivity contribution < 1.29 is 18.1 Å². The molecule has 0 N–H and O–H groups in total. The first-order valence-corrected chi connectivity index (χ1v) is 6.28. The zero-order chi connectivity index (χ0) is 13.8. The van der Waals surface area contributed by atoms with Crippen LogP contribution in [-0.4, -0.2) is 16.3 Å². The highest BCUT2D eigenvalue weighted by molar-refractivity contribution is 8.00. The van der Waals surface area contributed by atoms with Gasteiger partial charge in [0.2, 0.25) is 0 Å². The summed E-state index contributed by atoms with van der Waals surface area (Å²) in [6.45, 7) is 0. The van der Waals surface area contributed by atoms with Crippen molar-refractivity contribution >= 4 is 29.1 Å². The zero-order valence-corrected chi connectivity index (χ0v) is 10.6. The molecule has 0 amide bonds. The van der Waals surface area contributed by atoms with E-state index in [-0.39, 0.29) is 11.3 Å². The molecule has 0 atom stereocenters. The minimum Gasteiger partial charge on any atom is -0.258 e. The first kappa shape index (κ1) is 15.1. The highest BCUT2D eigenvalue weighted by atomic mass is 35.5. The van der Waals surface area contributed by atoms with Crippen LogP contribution in [0.5, 0.6) is 0 Å². The summed E-state index contributed by atoms with van der Waals surface area (Å²) in [6.07, 6.45) is 0.748. The van der Waals surface area contributed by atoms with Gasteiger partial charge >= 0.3 is 5.51 Å². The van der Waals surface area contributed by atoms with Gasteiger partial charge in [-0.3, -0.25) is 10.1 Å². The van der Waals surface area contributed by atoms with Crippen LogP contribution >= 0.6 is 23.4 Å². The molecule has 18 heavy (non-hydrogen) atoms. The molecule has 0 aliphatic rings. The molecule has 8 heteroatoms. The van der Waals surface area contributed by atoms with E-state index in [0.717, 1.165) is 6.07 Å². The molecule has 100 valence electrons. The fraction of sp³-hybridized carbons (Fsp3) is 0.400. The van der Waals surface area contributed by atoms with E-state index >= 15 is 0 Å². The lowest BCUT2D eigenvalue weighted by Crippen LogP contribution is -2.04. The summed E-state index contributed by atoms with van der Waals surface area (Å²) in [5, 5.41) is 10.7. The minimum atomic E-state index is -4.55. The van der Waals surface area contributed by atoms with Crippen LogP contribution in [0.1, 0.15) is 12.0 Å². The maximum Gasteiger partial charge on any atom is 0.446 e. The Balaban J connectivity index is 3.16. The molecule has 0 saturated heterocycles. The van der Waals surface area contributed by atoms with Crippen LogP contribution in [-0.2, 0) is 6.42 Å². The van der Waals surface area contributed by atoms with Crippen molar-refractivity contribution in [1.29, 1.82) is 0 Å². The van der Waals surface area contributed by atoms with Gasteiger partial charge in [0.15, 0.2) is 0 Å². The fourth-order valence-electron chi connectivity index (χ4n) is 1.40. The molecule has 0 aromatic heterocycles. The minimum absolute atomic E-state index is 0.281. The summed E-state index contributed by atoms with van der Waals surface area (Å²) in [6, 6.07) is 3.90. The Morgan fingerprint density at radius 2 is 2.06 bits per heavy atom. The third-order valence-electron chi connectivity index (χ3n) is 2.07. The Kier molecular flexibility index (Phi) is 5.28. The zero-order valence-electron chi connectivity index (χ0n) is 9.04. The van der Waals surface area contributed by atoms with Crippen molar-refractivity contribution in [2.75, 3.05) is 5.88 Å². The molecular formula is C10H9ClF3NO2S. The molecule has 1 rings (SSSR count). The van der Waals surface area contributed by atoms with E-state index in [0.29, 0.717) is 17.9 Å². The van der Waals surface area contributed by atoms with Crippen molar-refractivity contribution in [1.82, 2.24) is 0 Å². The van der Waals surface area contributed by atoms with E-state index in [9.17, 15) is 23.3 Å². The summed E-state index contributed by atoms with van der Waals surface area (Å²) in [7, 11) is 0. The smallest absolute Gasteiger partial charge is 0.258 e. The van der Waals surface area contributed by atoms with Crippen molar-refractivity contribution in [3.63, 3.8) is 0 Å². The summed E-state index contributed by atoms with van der Waals surface area (Å²) in [4.78, 5) is 9.58. The number of thioether (sulfide) groups is 1. The van der Waals surface area contributed by atoms with E-state index < -0.39 is 27.9 Å². The maximum atomic E-state index is 12.4. The molecule has 0 bridgehead atoms. The van der Waals surface area contributed by atoms with Crippen molar-refractivity contribution in [3.8, 4) is 0 Å². The Labute approximate surface area is 110 Å². The predicted octanol–water partition coefficient (Wildman–Crippen LogP) is 4.38. The second kappa shape index (κ2) is 6.29. The van der Waals surface area contributed by atoms with Crippen LogP contribution in [0, 0.1) is 10.1 Å². The molecule has 0 aliphatic carbocycles. The van der Waals surface area contributed by atoms with E-state index in [2.05, 4.69) is 0 Å². The van der Waals surface area contributed by atoms with E-state index in [4.69, 9.17) is 11.6 Å². The molecule has 0 saturated carbocycles.